The molecule has 2 heteroatoms. The van der Waals surface area contributed by atoms with Crippen LogP contribution in [0.1, 0.15) is 32.5 Å². The Balaban J connectivity index is 1.97. The molecule has 1 aromatic carbocycles. The molecule has 88 valence electrons. The van der Waals surface area contributed by atoms with E-state index in [9.17, 15) is 0 Å². The number of aryl methyl sites for hydroxylation is 3. The number of hydrogen-bond donors (Lipinski definition) is 1. The highest BCUT2D eigenvalue weighted by atomic mass is 32.1. The maximum Gasteiger partial charge on any atom is 0.0566 e. The Labute approximate surface area is 106 Å². The minimum atomic E-state index is 0.469. The number of nitrogens with one attached hydrogen (secondary N) is 1. The molecule has 1 aliphatic rings. The van der Waals surface area contributed by atoms with Crippen LogP contribution >= 0.6 is 11.3 Å². The molecule has 1 unspecified atom stereocenters. The van der Waals surface area contributed by atoms with Crippen molar-refractivity contribution in [3.8, 4) is 0 Å². The lowest BCUT2D eigenvalue weighted by Gasteiger charge is -2.11. The van der Waals surface area contributed by atoms with E-state index in [1.54, 1.807) is 0 Å². The Bertz CT molecular complexity index is 568. The number of benzene rings is 1. The standard InChI is InChI=1S/C15H17NS/c1-9-5-4-6-12-8-14(16-15(9)12)13-7-10(2)17-11(13)3/h4-7,14,16H,8H2,1-3H3. The Kier molecular flexibility index (Phi) is 2.48. The molecule has 1 atom stereocenters. The Morgan fingerprint density at radius 3 is 2.71 bits per heavy atom. The van der Waals surface area contributed by atoms with Gasteiger partial charge in [0.15, 0.2) is 0 Å². The quantitative estimate of drug-likeness (QED) is 0.783. The van der Waals surface area contributed by atoms with Crippen LogP contribution in [0.5, 0.6) is 0 Å². The molecule has 2 aromatic rings. The third-order valence-corrected chi connectivity index (χ3v) is 4.54. The van der Waals surface area contributed by atoms with Crippen molar-refractivity contribution >= 4 is 17.0 Å². The lowest BCUT2D eigenvalue weighted by atomic mass is 10.0. The van der Waals surface area contributed by atoms with Gasteiger partial charge in [0, 0.05) is 15.4 Å². The van der Waals surface area contributed by atoms with Gasteiger partial charge in [-0.15, -0.1) is 11.3 Å². The second-order valence-corrected chi connectivity index (χ2v) is 6.34. The van der Waals surface area contributed by atoms with Crippen molar-refractivity contribution in [3.63, 3.8) is 0 Å². The first-order valence-corrected chi connectivity index (χ1v) is 6.89. The first kappa shape index (κ1) is 10.8. The zero-order chi connectivity index (χ0) is 12.0. The number of thiophene rings is 1. The van der Waals surface area contributed by atoms with Crippen LogP contribution in [-0.4, -0.2) is 0 Å². The van der Waals surface area contributed by atoms with E-state index >= 15 is 0 Å². The minimum Gasteiger partial charge on any atom is -0.377 e. The summed E-state index contributed by atoms with van der Waals surface area (Å²) in [5.41, 5.74) is 5.64. The van der Waals surface area contributed by atoms with Gasteiger partial charge in [0.1, 0.15) is 0 Å². The zero-order valence-electron chi connectivity index (χ0n) is 10.5. The fourth-order valence-electron chi connectivity index (χ4n) is 2.73. The SMILES string of the molecule is Cc1cc(C2Cc3cccc(C)c3N2)c(C)s1. The Hall–Kier alpha value is -1.28. The monoisotopic (exact) mass is 243 g/mol. The molecule has 3 rings (SSSR count). The first-order valence-electron chi connectivity index (χ1n) is 6.07. The smallest absolute Gasteiger partial charge is 0.0566 e. The summed E-state index contributed by atoms with van der Waals surface area (Å²) >= 11 is 1.90. The van der Waals surface area contributed by atoms with Gasteiger partial charge in [0.05, 0.1) is 6.04 Å². The van der Waals surface area contributed by atoms with E-state index in [4.69, 9.17) is 0 Å². The molecule has 0 aliphatic carbocycles. The topological polar surface area (TPSA) is 12.0 Å². The van der Waals surface area contributed by atoms with Gasteiger partial charge >= 0.3 is 0 Å². The number of hydrogen-bond acceptors (Lipinski definition) is 2. The number of anilines is 1. The molecule has 0 fully saturated rings. The zero-order valence-corrected chi connectivity index (χ0v) is 11.3. The van der Waals surface area contributed by atoms with E-state index in [0.717, 1.165) is 6.42 Å². The molecule has 0 amide bonds. The predicted molar refractivity (Wildman–Crippen MR) is 75.0 cm³/mol. The van der Waals surface area contributed by atoms with Crippen LogP contribution in [0.4, 0.5) is 5.69 Å². The second-order valence-electron chi connectivity index (χ2n) is 4.88. The highest BCUT2D eigenvalue weighted by molar-refractivity contribution is 7.12. The summed E-state index contributed by atoms with van der Waals surface area (Å²) in [6.45, 7) is 6.60. The maximum absolute atomic E-state index is 3.68. The van der Waals surface area contributed by atoms with Gasteiger partial charge < -0.3 is 5.32 Å². The lowest BCUT2D eigenvalue weighted by molar-refractivity contribution is 0.822. The molecule has 1 aliphatic heterocycles. The van der Waals surface area contributed by atoms with Crippen molar-refractivity contribution in [2.75, 3.05) is 5.32 Å². The van der Waals surface area contributed by atoms with Gasteiger partial charge in [-0.05, 0) is 49.9 Å². The van der Waals surface area contributed by atoms with Crippen molar-refractivity contribution in [2.45, 2.75) is 33.2 Å². The maximum atomic E-state index is 3.68. The largest absolute Gasteiger partial charge is 0.377 e. The summed E-state index contributed by atoms with van der Waals surface area (Å²) in [7, 11) is 0. The van der Waals surface area contributed by atoms with Crippen LogP contribution in [-0.2, 0) is 6.42 Å². The molecule has 1 N–H and O–H groups in total. The van der Waals surface area contributed by atoms with Gasteiger partial charge in [0.25, 0.3) is 0 Å². The molecule has 0 spiro atoms. The lowest BCUT2D eigenvalue weighted by Crippen LogP contribution is -2.05. The first-order chi connectivity index (χ1) is 8.15. The molecule has 0 saturated heterocycles. The van der Waals surface area contributed by atoms with Gasteiger partial charge in [-0.1, -0.05) is 18.2 Å². The predicted octanol–water partition coefficient (Wildman–Crippen LogP) is 4.38. The number of para-hydroxylation sites is 1. The van der Waals surface area contributed by atoms with Gasteiger partial charge in [-0.3, -0.25) is 0 Å². The molecular weight excluding hydrogens is 226 g/mol. The average Bonchev–Trinajstić information content (AvgIpc) is 2.82. The number of fused-ring (bicyclic) bond motifs is 1. The van der Waals surface area contributed by atoms with Crippen LogP contribution in [0.2, 0.25) is 0 Å². The van der Waals surface area contributed by atoms with Crippen molar-refractivity contribution in [1.29, 1.82) is 0 Å². The van der Waals surface area contributed by atoms with E-state index in [0.29, 0.717) is 6.04 Å². The molecule has 0 radical (unpaired) electrons. The molecular formula is C15H17NS. The van der Waals surface area contributed by atoms with Crippen LogP contribution < -0.4 is 5.32 Å². The Morgan fingerprint density at radius 1 is 1.24 bits per heavy atom. The van der Waals surface area contributed by atoms with Crippen LogP contribution in [0.15, 0.2) is 24.3 Å². The fraction of sp³-hybridized carbons (Fsp3) is 0.333. The fourth-order valence-corrected chi connectivity index (χ4v) is 3.72. The van der Waals surface area contributed by atoms with E-state index in [-0.39, 0.29) is 0 Å². The summed E-state index contributed by atoms with van der Waals surface area (Å²) < 4.78 is 0. The van der Waals surface area contributed by atoms with Crippen molar-refractivity contribution in [1.82, 2.24) is 0 Å². The second kappa shape index (κ2) is 3.88. The van der Waals surface area contributed by atoms with E-state index in [2.05, 4.69) is 50.4 Å². The average molecular weight is 243 g/mol. The molecule has 1 nitrogen and oxygen atoms in total. The highest BCUT2D eigenvalue weighted by Crippen LogP contribution is 2.39. The van der Waals surface area contributed by atoms with E-state index < -0.39 is 0 Å². The molecule has 0 saturated carbocycles. The number of rotatable bonds is 1. The minimum absolute atomic E-state index is 0.469. The van der Waals surface area contributed by atoms with E-state index in [1.807, 2.05) is 11.3 Å². The third kappa shape index (κ3) is 1.77. The van der Waals surface area contributed by atoms with Gasteiger partial charge in [-0.2, -0.15) is 0 Å². The highest BCUT2D eigenvalue weighted by Gasteiger charge is 2.24. The van der Waals surface area contributed by atoms with E-state index in [1.165, 1.54) is 32.1 Å². The summed E-state index contributed by atoms with van der Waals surface area (Å²) in [5, 5.41) is 3.68. The summed E-state index contributed by atoms with van der Waals surface area (Å²) in [6.07, 6.45) is 1.12. The third-order valence-electron chi connectivity index (χ3n) is 3.56. The molecule has 0 bridgehead atoms. The summed E-state index contributed by atoms with van der Waals surface area (Å²) in [6, 6.07) is 9.38. The van der Waals surface area contributed by atoms with Crippen molar-refractivity contribution < 1.29 is 0 Å². The van der Waals surface area contributed by atoms with Crippen LogP contribution in [0.3, 0.4) is 0 Å². The van der Waals surface area contributed by atoms with Crippen LogP contribution in [0.25, 0.3) is 0 Å². The molecule has 17 heavy (non-hydrogen) atoms. The van der Waals surface area contributed by atoms with Gasteiger partial charge in [0.2, 0.25) is 0 Å². The van der Waals surface area contributed by atoms with Gasteiger partial charge in [-0.25, -0.2) is 0 Å². The van der Waals surface area contributed by atoms with Crippen molar-refractivity contribution in [3.05, 3.63) is 50.7 Å². The summed E-state index contributed by atoms with van der Waals surface area (Å²) in [5.74, 6) is 0. The summed E-state index contributed by atoms with van der Waals surface area (Å²) in [4.78, 5) is 2.86. The Morgan fingerprint density at radius 2 is 2.06 bits per heavy atom. The molecule has 1 aromatic heterocycles. The molecule has 2 heterocycles. The van der Waals surface area contributed by atoms with Crippen LogP contribution in [0, 0.1) is 20.8 Å². The van der Waals surface area contributed by atoms with Crippen molar-refractivity contribution in [2.24, 2.45) is 0 Å². The normalized spacial score (nSPS) is 17.9.